The van der Waals surface area contributed by atoms with E-state index >= 15 is 0 Å². The summed E-state index contributed by atoms with van der Waals surface area (Å²) in [5.41, 5.74) is 0. The average molecular weight is 327 g/mol. The van der Waals surface area contributed by atoms with E-state index in [-0.39, 0.29) is 23.5 Å². The Bertz CT molecular complexity index is 331. The molecule has 0 fully saturated rings. The minimum atomic E-state index is -0.162. The molecule has 0 aliphatic rings. The van der Waals surface area contributed by atoms with Crippen LogP contribution in [0.25, 0.3) is 0 Å². The monoisotopic (exact) mass is 326 g/mol. The maximum atomic E-state index is 12.4. The van der Waals surface area contributed by atoms with Crippen molar-refractivity contribution >= 4 is 11.7 Å². The number of unbranched alkanes of at least 4 members (excludes halogenated alkanes) is 1. The molecule has 0 aromatic carbocycles. The maximum Gasteiger partial charge on any atom is 0.223 e. The van der Waals surface area contributed by atoms with E-state index in [1.807, 2.05) is 6.92 Å². The van der Waals surface area contributed by atoms with Gasteiger partial charge in [-0.25, -0.2) is 0 Å². The third-order valence-corrected chi connectivity index (χ3v) is 4.61. The van der Waals surface area contributed by atoms with Crippen molar-refractivity contribution in [2.24, 2.45) is 11.8 Å². The molecule has 0 aromatic heterocycles. The lowest BCUT2D eigenvalue weighted by atomic mass is 9.83. The molecule has 0 aliphatic heterocycles. The molecule has 23 heavy (non-hydrogen) atoms. The Morgan fingerprint density at radius 2 is 1.61 bits per heavy atom. The van der Waals surface area contributed by atoms with Crippen molar-refractivity contribution in [3.63, 3.8) is 0 Å². The second-order valence-corrected chi connectivity index (χ2v) is 6.45. The van der Waals surface area contributed by atoms with Crippen LogP contribution in [-0.4, -0.2) is 42.8 Å². The number of hydrogen-bond donors (Lipinski definition) is 1. The summed E-state index contributed by atoms with van der Waals surface area (Å²) in [6, 6.07) is 0. The van der Waals surface area contributed by atoms with Crippen LogP contribution in [0, 0.1) is 11.8 Å². The van der Waals surface area contributed by atoms with E-state index < -0.39 is 0 Å². The first-order chi connectivity index (χ1) is 11.0. The van der Waals surface area contributed by atoms with E-state index in [9.17, 15) is 9.59 Å². The summed E-state index contributed by atoms with van der Waals surface area (Å²) in [6.07, 6.45) is 5.89. The number of carbonyl (C=O) groups excluding carboxylic acids is 2. The predicted octanol–water partition coefficient (Wildman–Crippen LogP) is 3.65. The fourth-order valence-electron chi connectivity index (χ4n) is 3.14. The molecule has 1 amide bonds. The molecular formula is C19H38N2O2. The highest BCUT2D eigenvalue weighted by Gasteiger charge is 2.29. The average Bonchev–Trinajstić information content (AvgIpc) is 2.53. The number of nitrogens with one attached hydrogen (secondary N) is 1. The van der Waals surface area contributed by atoms with Crippen LogP contribution in [0.15, 0.2) is 0 Å². The Kier molecular flexibility index (Phi) is 13.0. The second kappa shape index (κ2) is 13.5. The van der Waals surface area contributed by atoms with Crippen LogP contribution in [-0.2, 0) is 9.59 Å². The van der Waals surface area contributed by atoms with Gasteiger partial charge < -0.3 is 10.2 Å². The zero-order valence-corrected chi connectivity index (χ0v) is 16.0. The fraction of sp³-hybridized carbons (Fsp3) is 0.895. The van der Waals surface area contributed by atoms with E-state index in [1.54, 1.807) is 6.92 Å². The number of rotatable bonds is 14. The fourth-order valence-corrected chi connectivity index (χ4v) is 3.14. The van der Waals surface area contributed by atoms with Gasteiger partial charge in [0.25, 0.3) is 0 Å². The van der Waals surface area contributed by atoms with Crippen molar-refractivity contribution in [3.05, 3.63) is 0 Å². The highest BCUT2D eigenvalue weighted by molar-refractivity contribution is 5.87. The molecule has 0 spiro atoms. The van der Waals surface area contributed by atoms with Crippen molar-refractivity contribution < 1.29 is 9.59 Å². The van der Waals surface area contributed by atoms with Crippen LogP contribution >= 0.6 is 0 Å². The smallest absolute Gasteiger partial charge is 0.223 e. The van der Waals surface area contributed by atoms with Gasteiger partial charge in [-0.15, -0.1) is 0 Å². The molecule has 136 valence electrons. The summed E-state index contributed by atoms with van der Waals surface area (Å²) in [5.74, 6) is -0.0974. The Morgan fingerprint density at radius 3 is 2.09 bits per heavy atom. The lowest BCUT2D eigenvalue weighted by Gasteiger charge is -2.24. The van der Waals surface area contributed by atoms with Gasteiger partial charge >= 0.3 is 0 Å². The molecule has 4 heteroatoms. The zero-order chi connectivity index (χ0) is 17.7. The zero-order valence-electron chi connectivity index (χ0n) is 16.0. The lowest BCUT2D eigenvalue weighted by molar-refractivity contribution is -0.133. The van der Waals surface area contributed by atoms with Crippen LogP contribution in [0.2, 0.25) is 0 Å². The summed E-state index contributed by atoms with van der Waals surface area (Å²) in [4.78, 5) is 26.6. The van der Waals surface area contributed by atoms with Crippen molar-refractivity contribution in [2.75, 3.05) is 26.2 Å². The van der Waals surface area contributed by atoms with Crippen molar-refractivity contribution in [3.8, 4) is 0 Å². The molecule has 0 heterocycles. The number of carbonyl (C=O) groups is 2. The summed E-state index contributed by atoms with van der Waals surface area (Å²) in [5, 5.41) is 3.05. The summed E-state index contributed by atoms with van der Waals surface area (Å²) >= 11 is 0. The van der Waals surface area contributed by atoms with Gasteiger partial charge in [-0.1, -0.05) is 40.5 Å². The second-order valence-electron chi connectivity index (χ2n) is 6.45. The lowest BCUT2D eigenvalue weighted by Crippen LogP contribution is -2.38. The molecule has 0 radical (unpaired) electrons. The van der Waals surface area contributed by atoms with Crippen LogP contribution in [0.5, 0.6) is 0 Å². The highest BCUT2D eigenvalue weighted by atomic mass is 16.2. The summed E-state index contributed by atoms with van der Waals surface area (Å²) < 4.78 is 0. The van der Waals surface area contributed by atoms with Crippen LogP contribution in [0.1, 0.15) is 73.1 Å². The van der Waals surface area contributed by atoms with Crippen molar-refractivity contribution in [1.29, 1.82) is 0 Å². The van der Waals surface area contributed by atoms with Gasteiger partial charge in [0.2, 0.25) is 5.91 Å². The third kappa shape index (κ3) is 9.09. The Hall–Kier alpha value is -0.900. The largest absolute Gasteiger partial charge is 0.356 e. The van der Waals surface area contributed by atoms with Crippen molar-refractivity contribution in [2.45, 2.75) is 73.1 Å². The minimum absolute atomic E-state index is 0.0607. The van der Waals surface area contributed by atoms with E-state index in [0.29, 0.717) is 6.54 Å². The molecule has 0 aliphatic carbocycles. The highest BCUT2D eigenvalue weighted by Crippen LogP contribution is 2.22. The first-order valence-corrected chi connectivity index (χ1v) is 9.52. The van der Waals surface area contributed by atoms with E-state index in [1.165, 1.54) is 12.8 Å². The first kappa shape index (κ1) is 22.1. The van der Waals surface area contributed by atoms with Gasteiger partial charge in [0.05, 0.1) is 0 Å². The number of amides is 1. The number of ketones is 1. The first-order valence-electron chi connectivity index (χ1n) is 9.52. The maximum absolute atomic E-state index is 12.4. The third-order valence-electron chi connectivity index (χ3n) is 4.61. The Balaban J connectivity index is 4.29. The Morgan fingerprint density at radius 1 is 0.957 bits per heavy atom. The van der Waals surface area contributed by atoms with E-state index in [4.69, 9.17) is 0 Å². The predicted molar refractivity (Wildman–Crippen MR) is 97.5 cm³/mol. The molecule has 2 atom stereocenters. The minimum Gasteiger partial charge on any atom is -0.356 e. The number of hydrogen-bond acceptors (Lipinski definition) is 3. The normalized spacial score (nSPS) is 13.8. The number of Topliss-reactive ketones (excluding diaryl/α,β-unsaturated/α-hetero) is 1. The molecule has 4 nitrogen and oxygen atoms in total. The van der Waals surface area contributed by atoms with Crippen LogP contribution < -0.4 is 5.32 Å². The molecule has 0 saturated heterocycles. The molecule has 0 unspecified atom stereocenters. The van der Waals surface area contributed by atoms with E-state index in [2.05, 4.69) is 31.0 Å². The topological polar surface area (TPSA) is 49.4 Å². The SMILES string of the molecule is CCCCN(CC)CCCNC(=O)[C@@H](CCC)[C@@H](CC)C(C)=O. The summed E-state index contributed by atoms with van der Waals surface area (Å²) in [6.45, 7) is 14.0. The Labute approximate surface area is 143 Å². The van der Waals surface area contributed by atoms with Gasteiger partial charge in [-0.3, -0.25) is 9.59 Å². The van der Waals surface area contributed by atoms with Gasteiger partial charge in [-0.05, 0) is 52.2 Å². The molecule has 1 N–H and O–H groups in total. The van der Waals surface area contributed by atoms with Crippen molar-refractivity contribution in [1.82, 2.24) is 10.2 Å². The van der Waals surface area contributed by atoms with Crippen LogP contribution in [0.3, 0.4) is 0 Å². The standard InChI is InChI=1S/C19H38N2O2/c1-6-10-14-21(9-4)15-11-13-20-19(23)18(12-7-2)17(8-3)16(5)22/h17-18H,6-15H2,1-5H3,(H,20,23)/t17-,18-/m0/s1. The quantitative estimate of drug-likeness (QED) is 0.496. The van der Waals surface area contributed by atoms with E-state index in [0.717, 1.165) is 45.3 Å². The van der Waals surface area contributed by atoms with Gasteiger partial charge in [0.1, 0.15) is 5.78 Å². The molecule has 0 aromatic rings. The number of nitrogens with zero attached hydrogens (tertiary/aromatic N) is 1. The molecule has 0 bridgehead atoms. The molecule has 0 saturated carbocycles. The van der Waals surface area contributed by atoms with Gasteiger partial charge in [0, 0.05) is 18.4 Å². The van der Waals surface area contributed by atoms with Gasteiger partial charge in [0.15, 0.2) is 0 Å². The van der Waals surface area contributed by atoms with Gasteiger partial charge in [-0.2, -0.15) is 0 Å². The summed E-state index contributed by atoms with van der Waals surface area (Å²) in [7, 11) is 0. The van der Waals surface area contributed by atoms with Crippen LogP contribution in [0.4, 0.5) is 0 Å². The molecule has 0 rings (SSSR count). The molecular weight excluding hydrogens is 288 g/mol.